The van der Waals surface area contributed by atoms with Crippen LogP contribution in [0.25, 0.3) is 0 Å². The number of nitrogens with one attached hydrogen (secondary N) is 1. The van der Waals surface area contributed by atoms with Crippen LogP contribution in [0.5, 0.6) is 0 Å². The van der Waals surface area contributed by atoms with Crippen molar-refractivity contribution in [1.82, 2.24) is 10.3 Å². The van der Waals surface area contributed by atoms with Crippen molar-refractivity contribution < 1.29 is 9.47 Å². The lowest BCUT2D eigenvalue weighted by molar-refractivity contribution is -0.0159. The van der Waals surface area contributed by atoms with Crippen molar-refractivity contribution in [3.8, 4) is 0 Å². The fourth-order valence-electron chi connectivity index (χ4n) is 2.00. The number of nitrogens with zero attached hydrogens (tertiary/aromatic N) is 1. The minimum atomic E-state index is -0.141. The first kappa shape index (κ1) is 12.5. The molecule has 17 heavy (non-hydrogen) atoms. The van der Waals surface area contributed by atoms with E-state index in [1.807, 2.05) is 19.2 Å². The fourth-order valence-corrected chi connectivity index (χ4v) is 2.00. The summed E-state index contributed by atoms with van der Waals surface area (Å²) >= 11 is 0. The van der Waals surface area contributed by atoms with Gasteiger partial charge in [0.15, 0.2) is 0 Å². The van der Waals surface area contributed by atoms with Gasteiger partial charge in [-0.1, -0.05) is 6.07 Å². The molecule has 1 fully saturated rings. The molecule has 4 nitrogen and oxygen atoms in total. The van der Waals surface area contributed by atoms with Crippen molar-refractivity contribution in [2.45, 2.75) is 25.5 Å². The Hall–Kier alpha value is -0.970. The third-order valence-corrected chi connectivity index (χ3v) is 3.25. The number of aromatic nitrogens is 1. The minimum absolute atomic E-state index is 0.141. The molecule has 0 radical (unpaired) electrons. The molecule has 94 valence electrons. The van der Waals surface area contributed by atoms with Gasteiger partial charge in [-0.2, -0.15) is 0 Å². The highest BCUT2D eigenvalue weighted by molar-refractivity contribution is 5.12. The molecule has 1 aliphatic rings. The van der Waals surface area contributed by atoms with Crippen LogP contribution in [-0.2, 0) is 16.0 Å². The van der Waals surface area contributed by atoms with Gasteiger partial charge in [-0.3, -0.25) is 4.98 Å². The molecule has 4 heteroatoms. The summed E-state index contributed by atoms with van der Waals surface area (Å²) in [5.41, 5.74) is 2.10. The SMILES string of the molecule is COC1(CNCc2ccc(C)nc2)CCOC1. The van der Waals surface area contributed by atoms with Crippen molar-refractivity contribution in [2.75, 3.05) is 26.9 Å². The molecule has 0 amide bonds. The van der Waals surface area contributed by atoms with E-state index in [0.717, 1.165) is 31.8 Å². The summed E-state index contributed by atoms with van der Waals surface area (Å²) in [7, 11) is 1.75. The van der Waals surface area contributed by atoms with Crippen LogP contribution in [0.1, 0.15) is 17.7 Å². The maximum atomic E-state index is 5.55. The molecule has 1 aromatic heterocycles. The number of pyridine rings is 1. The summed E-state index contributed by atoms with van der Waals surface area (Å²) in [4.78, 5) is 4.27. The number of aryl methyl sites for hydroxylation is 1. The van der Waals surface area contributed by atoms with Gasteiger partial charge in [0.25, 0.3) is 0 Å². The van der Waals surface area contributed by atoms with Gasteiger partial charge in [-0.25, -0.2) is 0 Å². The summed E-state index contributed by atoms with van der Waals surface area (Å²) in [5, 5.41) is 3.41. The molecular formula is C13H20N2O2. The maximum Gasteiger partial charge on any atom is 0.106 e. The maximum absolute atomic E-state index is 5.55. The first-order valence-corrected chi connectivity index (χ1v) is 5.99. The van der Waals surface area contributed by atoms with Crippen molar-refractivity contribution in [3.63, 3.8) is 0 Å². The molecule has 1 unspecified atom stereocenters. The number of hydrogen-bond acceptors (Lipinski definition) is 4. The standard InChI is InChI=1S/C13H20N2O2/c1-11-3-4-12(8-15-11)7-14-9-13(16-2)5-6-17-10-13/h3-4,8,14H,5-7,9-10H2,1-2H3. The van der Waals surface area contributed by atoms with Crippen LogP contribution in [0, 0.1) is 6.92 Å². The van der Waals surface area contributed by atoms with Gasteiger partial charge in [0.2, 0.25) is 0 Å². The number of rotatable bonds is 5. The summed E-state index contributed by atoms with van der Waals surface area (Å²) in [6.07, 6.45) is 2.87. The van der Waals surface area contributed by atoms with E-state index >= 15 is 0 Å². The zero-order valence-corrected chi connectivity index (χ0v) is 10.5. The summed E-state index contributed by atoms with van der Waals surface area (Å²) in [6.45, 7) is 5.10. The smallest absolute Gasteiger partial charge is 0.106 e. The second kappa shape index (κ2) is 5.58. The zero-order valence-electron chi connectivity index (χ0n) is 10.5. The van der Waals surface area contributed by atoms with Gasteiger partial charge < -0.3 is 14.8 Å². The Morgan fingerprint density at radius 3 is 3.00 bits per heavy atom. The highest BCUT2D eigenvalue weighted by Gasteiger charge is 2.34. The predicted molar refractivity (Wildman–Crippen MR) is 65.9 cm³/mol. The van der Waals surface area contributed by atoms with E-state index in [9.17, 15) is 0 Å². The Balaban J connectivity index is 1.80. The van der Waals surface area contributed by atoms with Crippen LogP contribution in [-0.4, -0.2) is 37.5 Å². The van der Waals surface area contributed by atoms with Crippen molar-refractivity contribution in [3.05, 3.63) is 29.6 Å². The lowest BCUT2D eigenvalue weighted by Crippen LogP contribution is -2.42. The third-order valence-electron chi connectivity index (χ3n) is 3.25. The lowest BCUT2D eigenvalue weighted by Gasteiger charge is -2.26. The lowest BCUT2D eigenvalue weighted by atomic mass is 10.0. The molecule has 1 N–H and O–H groups in total. The van der Waals surface area contributed by atoms with Crippen LogP contribution < -0.4 is 5.32 Å². The van der Waals surface area contributed by atoms with E-state index in [2.05, 4.69) is 16.4 Å². The van der Waals surface area contributed by atoms with Gasteiger partial charge in [-0.05, 0) is 18.6 Å². The number of methoxy groups -OCH3 is 1. The predicted octanol–water partition coefficient (Wildman–Crippen LogP) is 1.29. The Bertz CT molecular complexity index is 345. The van der Waals surface area contributed by atoms with E-state index in [4.69, 9.17) is 9.47 Å². The topological polar surface area (TPSA) is 43.4 Å². The minimum Gasteiger partial charge on any atom is -0.378 e. The first-order valence-electron chi connectivity index (χ1n) is 5.99. The molecule has 0 aliphatic carbocycles. The molecule has 1 aromatic rings. The van der Waals surface area contributed by atoms with Gasteiger partial charge in [0.05, 0.1) is 6.61 Å². The second-order valence-corrected chi connectivity index (χ2v) is 4.60. The van der Waals surface area contributed by atoms with Crippen molar-refractivity contribution >= 4 is 0 Å². The number of hydrogen-bond donors (Lipinski definition) is 1. The van der Waals surface area contributed by atoms with Crippen molar-refractivity contribution in [1.29, 1.82) is 0 Å². The molecule has 0 spiro atoms. The highest BCUT2D eigenvalue weighted by atomic mass is 16.5. The molecule has 1 aliphatic heterocycles. The molecule has 0 saturated carbocycles. The Morgan fingerprint density at radius 2 is 2.41 bits per heavy atom. The van der Waals surface area contributed by atoms with Crippen LogP contribution in [0.2, 0.25) is 0 Å². The molecule has 0 aromatic carbocycles. The van der Waals surface area contributed by atoms with E-state index in [0.29, 0.717) is 6.61 Å². The quantitative estimate of drug-likeness (QED) is 0.836. The Kier molecular flexibility index (Phi) is 4.10. The van der Waals surface area contributed by atoms with Crippen LogP contribution >= 0.6 is 0 Å². The Morgan fingerprint density at radius 1 is 1.53 bits per heavy atom. The van der Waals surface area contributed by atoms with Crippen LogP contribution in [0.4, 0.5) is 0 Å². The molecular weight excluding hydrogens is 216 g/mol. The van der Waals surface area contributed by atoms with Crippen LogP contribution in [0.15, 0.2) is 18.3 Å². The molecule has 2 rings (SSSR count). The molecule has 1 atom stereocenters. The molecule has 2 heterocycles. The van der Waals surface area contributed by atoms with Gasteiger partial charge >= 0.3 is 0 Å². The van der Waals surface area contributed by atoms with Gasteiger partial charge in [-0.15, -0.1) is 0 Å². The average Bonchev–Trinajstić information content (AvgIpc) is 2.81. The monoisotopic (exact) mass is 236 g/mol. The van der Waals surface area contributed by atoms with E-state index in [1.165, 1.54) is 5.56 Å². The van der Waals surface area contributed by atoms with E-state index in [-0.39, 0.29) is 5.60 Å². The third kappa shape index (κ3) is 3.25. The second-order valence-electron chi connectivity index (χ2n) is 4.60. The van der Waals surface area contributed by atoms with E-state index in [1.54, 1.807) is 7.11 Å². The fraction of sp³-hybridized carbons (Fsp3) is 0.615. The van der Waals surface area contributed by atoms with Crippen molar-refractivity contribution in [2.24, 2.45) is 0 Å². The first-order chi connectivity index (χ1) is 8.24. The molecule has 0 bridgehead atoms. The van der Waals surface area contributed by atoms with E-state index < -0.39 is 0 Å². The number of ether oxygens (including phenoxy) is 2. The Labute approximate surface area is 102 Å². The summed E-state index contributed by atoms with van der Waals surface area (Å²) in [5.74, 6) is 0. The largest absolute Gasteiger partial charge is 0.378 e. The summed E-state index contributed by atoms with van der Waals surface area (Å²) in [6, 6.07) is 4.13. The normalized spacial score (nSPS) is 24.1. The highest BCUT2D eigenvalue weighted by Crippen LogP contribution is 2.21. The zero-order chi connectivity index (χ0) is 12.1. The van der Waals surface area contributed by atoms with Gasteiger partial charge in [0, 0.05) is 45.1 Å². The average molecular weight is 236 g/mol. The molecule has 1 saturated heterocycles. The summed E-state index contributed by atoms with van der Waals surface area (Å²) < 4.78 is 10.9. The van der Waals surface area contributed by atoms with Gasteiger partial charge in [0.1, 0.15) is 5.60 Å². The van der Waals surface area contributed by atoms with Crippen LogP contribution in [0.3, 0.4) is 0 Å².